The highest BCUT2D eigenvalue weighted by Gasteiger charge is 2.27. The lowest BCUT2D eigenvalue weighted by Gasteiger charge is -2.30. The van der Waals surface area contributed by atoms with Crippen molar-refractivity contribution >= 4 is 40.2 Å². The van der Waals surface area contributed by atoms with E-state index in [4.69, 9.17) is 9.72 Å². The van der Waals surface area contributed by atoms with E-state index >= 15 is 0 Å². The molecule has 0 aliphatic carbocycles. The molecule has 0 fully saturated rings. The average Bonchev–Trinajstić information content (AvgIpc) is 3.37. The zero-order valence-corrected chi connectivity index (χ0v) is 21.3. The number of nitrogens with one attached hydrogen (secondary N) is 1. The first-order valence-corrected chi connectivity index (χ1v) is 12.8. The van der Waals surface area contributed by atoms with Crippen molar-refractivity contribution in [3.8, 4) is 11.4 Å². The van der Waals surface area contributed by atoms with Gasteiger partial charge in [-0.3, -0.25) is 14.4 Å². The third-order valence-electron chi connectivity index (χ3n) is 7.35. The molecule has 2 bridgehead atoms. The Morgan fingerprint density at radius 3 is 2.85 bits per heavy atom. The summed E-state index contributed by atoms with van der Waals surface area (Å²) in [6, 6.07) is 11.1. The quantitative estimate of drug-likeness (QED) is 0.402. The van der Waals surface area contributed by atoms with Gasteiger partial charge in [0.15, 0.2) is 12.3 Å². The van der Waals surface area contributed by atoms with E-state index in [1.54, 1.807) is 32.3 Å². The first-order chi connectivity index (χ1) is 19.0. The van der Waals surface area contributed by atoms with Gasteiger partial charge >= 0.3 is 0 Å². The molecule has 3 aliphatic heterocycles. The number of hydrogen-bond acceptors (Lipinski definition) is 7. The second-order valence-electron chi connectivity index (χ2n) is 9.89. The molecular formula is C28H25N7O4. The number of ether oxygens (including phenoxy) is 1. The summed E-state index contributed by atoms with van der Waals surface area (Å²) in [5, 5.41) is 3.60. The van der Waals surface area contributed by atoms with Crippen LogP contribution in [0.15, 0.2) is 59.5 Å². The van der Waals surface area contributed by atoms with Gasteiger partial charge in [-0.15, -0.1) is 0 Å². The van der Waals surface area contributed by atoms with E-state index in [1.807, 2.05) is 42.5 Å². The van der Waals surface area contributed by atoms with Crippen LogP contribution in [0.2, 0.25) is 0 Å². The molecule has 0 saturated carbocycles. The van der Waals surface area contributed by atoms with Crippen LogP contribution in [0.5, 0.6) is 5.75 Å². The number of benzene rings is 2. The molecule has 0 radical (unpaired) electrons. The zero-order valence-electron chi connectivity index (χ0n) is 21.3. The van der Waals surface area contributed by atoms with Gasteiger partial charge in [0, 0.05) is 37.6 Å². The summed E-state index contributed by atoms with van der Waals surface area (Å²) in [6.45, 7) is 1.50. The van der Waals surface area contributed by atoms with Gasteiger partial charge in [0.25, 0.3) is 17.4 Å². The van der Waals surface area contributed by atoms with E-state index in [9.17, 15) is 14.4 Å². The van der Waals surface area contributed by atoms with Crippen LogP contribution < -0.4 is 20.5 Å². The second-order valence-corrected chi connectivity index (χ2v) is 9.89. The fraction of sp³-hybridized carbons (Fsp3) is 0.250. The maximum Gasteiger partial charge on any atom is 0.278 e. The van der Waals surface area contributed by atoms with Gasteiger partial charge in [-0.1, -0.05) is 12.2 Å². The molecule has 3 aliphatic rings. The van der Waals surface area contributed by atoms with Crippen LogP contribution >= 0.6 is 0 Å². The summed E-state index contributed by atoms with van der Waals surface area (Å²) in [4.78, 5) is 51.0. The van der Waals surface area contributed by atoms with Gasteiger partial charge in [-0.05, 0) is 54.8 Å². The number of amides is 2. The van der Waals surface area contributed by atoms with Crippen LogP contribution in [0.3, 0.4) is 0 Å². The lowest BCUT2D eigenvalue weighted by atomic mass is 10.1. The van der Waals surface area contributed by atoms with Crippen molar-refractivity contribution < 1.29 is 14.3 Å². The minimum Gasteiger partial charge on any atom is -0.482 e. The Morgan fingerprint density at radius 2 is 1.95 bits per heavy atom. The Labute approximate surface area is 222 Å². The average molecular weight is 524 g/mol. The molecule has 2 aromatic carbocycles. The number of aromatic nitrogens is 4. The van der Waals surface area contributed by atoms with Crippen LogP contribution in [0.25, 0.3) is 16.7 Å². The molecule has 11 heteroatoms. The largest absolute Gasteiger partial charge is 0.482 e. The normalized spacial score (nSPS) is 17.3. The number of nitrogens with zero attached hydrogens (tertiary/aromatic N) is 6. The summed E-state index contributed by atoms with van der Waals surface area (Å²) in [6.07, 6.45) is 7.11. The standard InChI is InChI=1S/C28H25N7O4/c1-32-15-17-12-18(6-8-20(17)26(32)37)30-28-29-14-21-25(31-28)35-19-7-9-23-22(13-19)33(24(36)16-39-23)10-4-2-3-5-11-34(35)27(21)38/h3,5-9,12-14H,2,4,10-11,15-16H2,1H3,(H,29,30,31)/b5-3-. The van der Waals surface area contributed by atoms with Crippen molar-refractivity contribution in [1.82, 2.24) is 24.2 Å². The fourth-order valence-electron chi connectivity index (χ4n) is 5.42. The van der Waals surface area contributed by atoms with Crippen molar-refractivity contribution in [3.05, 3.63) is 76.2 Å². The van der Waals surface area contributed by atoms with E-state index < -0.39 is 0 Å². The van der Waals surface area contributed by atoms with Crippen LogP contribution in [0.1, 0.15) is 28.8 Å². The van der Waals surface area contributed by atoms with Crippen molar-refractivity contribution in [1.29, 1.82) is 0 Å². The van der Waals surface area contributed by atoms with Crippen LogP contribution in [-0.4, -0.2) is 56.2 Å². The maximum absolute atomic E-state index is 13.5. The van der Waals surface area contributed by atoms with E-state index in [1.165, 1.54) is 6.20 Å². The second kappa shape index (κ2) is 8.83. The fourth-order valence-corrected chi connectivity index (χ4v) is 5.42. The molecule has 2 amide bonds. The van der Waals surface area contributed by atoms with Crippen LogP contribution in [-0.2, 0) is 17.9 Å². The number of rotatable bonds is 2. The molecule has 39 heavy (non-hydrogen) atoms. The maximum atomic E-state index is 13.5. The van der Waals surface area contributed by atoms with E-state index in [2.05, 4.69) is 10.3 Å². The topological polar surface area (TPSA) is 115 Å². The molecule has 11 nitrogen and oxygen atoms in total. The monoisotopic (exact) mass is 523 g/mol. The predicted octanol–water partition coefficient (Wildman–Crippen LogP) is 2.99. The molecule has 0 saturated heterocycles. The van der Waals surface area contributed by atoms with Gasteiger partial charge in [-0.25, -0.2) is 14.3 Å². The molecule has 196 valence electrons. The molecule has 2 aromatic heterocycles. The Balaban J connectivity index is 1.35. The molecule has 0 atom stereocenters. The third-order valence-corrected chi connectivity index (χ3v) is 7.35. The van der Waals surface area contributed by atoms with Crippen LogP contribution in [0.4, 0.5) is 17.3 Å². The highest BCUT2D eigenvalue weighted by atomic mass is 16.5. The SMILES string of the molecule is CN1Cc2cc(Nc3ncc4c(=O)n5n(c4n3)-c3ccc4c(c3)N(CCC/C=C\C5)C(=O)CO4)ccc2C1=O. The highest BCUT2D eigenvalue weighted by molar-refractivity contribution is 5.99. The first kappa shape index (κ1) is 23.2. The number of anilines is 3. The molecule has 1 N–H and O–H groups in total. The Kier molecular flexibility index (Phi) is 5.25. The van der Waals surface area contributed by atoms with Crippen molar-refractivity contribution in [3.63, 3.8) is 0 Å². The minimum absolute atomic E-state index is 0.00371. The first-order valence-electron chi connectivity index (χ1n) is 12.8. The molecule has 0 spiro atoms. The molecule has 5 heterocycles. The lowest BCUT2D eigenvalue weighted by Crippen LogP contribution is -2.39. The number of hydrogen-bond donors (Lipinski definition) is 1. The number of fused-ring (bicyclic) bond motifs is 6. The van der Waals surface area contributed by atoms with E-state index in [0.29, 0.717) is 59.3 Å². The van der Waals surface area contributed by atoms with Gasteiger partial charge in [0.1, 0.15) is 11.1 Å². The molecule has 7 rings (SSSR count). The Morgan fingerprint density at radius 1 is 1.05 bits per heavy atom. The highest BCUT2D eigenvalue weighted by Crippen LogP contribution is 2.35. The molecule has 4 aromatic rings. The molecular weight excluding hydrogens is 498 g/mol. The summed E-state index contributed by atoms with van der Waals surface area (Å²) in [5.74, 6) is 0.866. The van der Waals surface area contributed by atoms with Crippen molar-refractivity contribution in [2.45, 2.75) is 25.9 Å². The van der Waals surface area contributed by atoms with Crippen molar-refractivity contribution in [2.75, 3.05) is 30.4 Å². The third kappa shape index (κ3) is 3.77. The van der Waals surface area contributed by atoms with Gasteiger partial charge < -0.3 is 19.9 Å². The summed E-state index contributed by atoms with van der Waals surface area (Å²) in [7, 11) is 1.77. The van der Waals surface area contributed by atoms with E-state index in [-0.39, 0.29) is 24.0 Å². The van der Waals surface area contributed by atoms with Crippen LogP contribution in [0, 0.1) is 0 Å². The van der Waals surface area contributed by atoms with E-state index in [0.717, 1.165) is 24.1 Å². The van der Waals surface area contributed by atoms with Gasteiger partial charge in [0.05, 0.1) is 17.9 Å². The van der Waals surface area contributed by atoms with Gasteiger partial charge in [-0.2, -0.15) is 4.98 Å². The zero-order chi connectivity index (χ0) is 26.7. The Bertz CT molecular complexity index is 1770. The number of carbonyl (C=O) groups is 2. The van der Waals surface area contributed by atoms with Crippen molar-refractivity contribution in [2.24, 2.45) is 0 Å². The lowest BCUT2D eigenvalue weighted by molar-refractivity contribution is -0.121. The summed E-state index contributed by atoms with van der Waals surface area (Å²) in [5.41, 5.74) is 3.96. The summed E-state index contributed by atoms with van der Waals surface area (Å²) >= 11 is 0. The Hall–Kier alpha value is -4.93. The smallest absolute Gasteiger partial charge is 0.278 e. The summed E-state index contributed by atoms with van der Waals surface area (Å²) < 4.78 is 9.08. The minimum atomic E-state index is -0.209. The predicted molar refractivity (Wildman–Crippen MR) is 145 cm³/mol. The number of carbonyl (C=O) groups excluding carboxylic acids is 2. The number of allylic oxidation sites excluding steroid dienone is 2. The molecule has 0 unspecified atom stereocenters. The van der Waals surface area contributed by atoms with Gasteiger partial charge in [0.2, 0.25) is 5.95 Å².